The summed E-state index contributed by atoms with van der Waals surface area (Å²) in [5.41, 5.74) is 0. The molecule has 0 amide bonds. The van der Waals surface area contributed by atoms with Crippen molar-refractivity contribution in [3.63, 3.8) is 0 Å². The van der Waals surface area contributed by atoms with Crippen molar-refractivity contribution in [2.24, 2.45) is 5.92 Å². The molecular formula is C14H29NOS. The molecule has 1 saturated carbocycles. The largest absolute Gasteiger partial charge is 0.313 e. The van der Waals surface area contributed by atoms with E-state index in [1.165, 1.54) is 32.1 Å². The Hall–Kier alpha value is 0.110. The van der Waals surface area contributed by atoms with E-state index in [9.17, 15) is 4.21 Å². The topological polar surface area (TPSA) is 29.1 Å². The summed E-state index contributed by atoms with van der Waals surface area (Å²) < 4.78 is 12.4. The monoisotopic (exact) mass is 259 g/mol. The minimum Gasteiger partial charge on any atom is -0.313 e. The van der Waals surface area contributed by atoms with Gasteiger partial charge in [-0.25, -0.2) is 0 Å². The van der Waals surface area contributed by atoms with E-state index >= 15 is 0 Å². The van der Waals surface area contributed by atoms with E-state index in [0.717, 1.165) is 18.7 Å². The maximum atomic E-state index is 12.4. The molecule has 1 N–H and O–H groups in total. The van der Waals surface area contributed by atoms with E-state index < -0.39 is 10.8 Å². The van der Waals surface area contributed by atoms with Gasteiger partial charge in [-0.3, -0.25) is 4.21 Å². The van der Waals surface area contributed by atoms with Crippen molar-refractivity contribution in [1.29, 1.82) is 0 Å². The molecule has 2 nitrogen and oxygen atoms in total. The van der Waals surface area contributed by atoms with Crippen molar-refractivity contribution in [1.82, 2.24) is 5.32 Å². The van der Waals surface area contributed by atoms with Gasteiger partial charge in [0.15, 0.2) is 0 Å². The summed E-state index contributed by atoms with van der Waals surface area (Å²) in [5.74, 6) is 1.41. The summed E-state index contributed by atoms with van der Waals surface area (Å²) in [5, 5.41) is 3.95. The SMILES string of the molecule is CCNC1CCCCCCC1S(=O)CC(C)C. The molecule has 3 heteroatoms. The first-order chi connectivity index (χ1) is 8.15. The molecule has 0 saturated heterocycles. The van der Waals surface area contributed by atoms with Gasteiger partial charge < -0.3 is 5.32 Å². The summed E-state index contributed by atoms with van der Waals surface area (Å²) >= 11 is 0. The zero-order chi connectivity index (χ0) is 12.7. The molecule has 0 bridgehead atoms. The van der Waals surface area contributed by atoms with Gasteiger partial charge in [0.1, 0.15) is 0 Å². The third kappa shape index (κ3) is 5.52. The van der Waals surface area contributed by atoms with Crippen molar-refractivity contribution in [3.8, 4) is 0 Å². The van der Waals surface area contributed by atoms with Gasteiger partial charge in [-0.1, -0.05) is 46.5 Å². The van der Waals surface area contributed by atoms with Crippen molar-refractivity contribution in [2.45, 2.75) is 70.6 Å². The van der Waals surface area contributed by atoms with Crippen LogP contribution in [0.4, 0.5) is 0 Å². The molecule has 0 aromatic heterocycles. The number of hydrogen-bond donors (Lipinski definition) is 1. The quantitative estimate of drug-likeness (QED) is 0.822. The molecule has 0 heterocycles. The van der Waals surface area contributed by atoms with Gasteiger partial charge in [-0.2, -0.15) is 0 Å². The minimum absolute atomic E-state index is 0.387. The van der Waals surface area contributed by atoms with Gasteiger partial charge >= 0.3 is 0 Å². The maximum absolute atomic E-state index is 12.4. The van der Waals surface area contributed by atoms with E-state index in [0.29, 0.717) is 17.2 Å². The molecule has 102 valence electrons. The lowest BCUT2D eigenvalue weighted by molar-refractivity contribution is 0.400. The number of rotatable bonds is 5. The van der Waals surface area contributed by atoms with Crippen molar-refractivity contribution in [2.75, 3.05) is 12.3 Å². The molecule has 17 heavy (non-hydrogen) atoms. The second kappa shape index (κ2) is 8.25. The highest BCUT2D eigenvalue weighted by Crippen LogP contribution is 2.22. The van der Waals surface area contributed by atoms with E-state index in [4.69, 9.17) is 0 Å². The molecule has 1 fully saturated rings. The molecule has 1 rings (SSSR count). The van der Waals surface area contributed by atoms with Crippen LogP contribution in [0.15, 0.2) is 0 Å². The molecular weight excluding hydrogens is 230 g/mol. The Morgan fingerprint density at radius 1 is 1.18 bits per heavy atom. The molecule has 1 aliphatic rings. The molecule has 0 aromatic rings. The highest BCUT2D eigenvalue weighted by Gasteiger charge is 2.27. The van der Waals surface area contributed by atoms with Gasteiger partial charge in [0.05, 0.1) is 5.25 Å². The number of nitrogens with one attached hydrogen (secondary N) is 1. The first-order valence-corrected chi connectivity index (χ1v) is 8.64. The Morgan fingerprint density at radius 2 is 1.82 bits per heavy atom. The van der Waals surface area contributed by atoms with Crippen molar-refractivity contribution < 1.29 is 4.21 Å². The van der Waals surface area contributed by atoms with Crippen LogP contribution in [0.2, 0.25) is 0 Å². The Balaban J connectivity index is 2.61. The van der Waals surface area contributed by atoms with Crippen molar-refractivity contribution in [3.05, 3.63) is 0 Å². The Bertz CT molecular complexity index is 230. The van der Waals surface area contributed by atoms with Crippen LogP contribution in [-0.2, 0) is 10.8 Å². The van der Waals surface area contributed by atoms with Crippen molar-refractivity contribution >= 4 is 10.8 Å². The van der Waals surface area contributed by atoms with Crippen LogP contribution in [0.5, 0.6) is 0 Å². The molecule has 1 aliphatic carbocycles. The second-order valence-corrected chi connectivity index (χ2v) is 7.34. The van der Waals surface area contributed by atoms with Crippen LogP contribution in [0.25, 0.3) is 0 Å². The molecule has 0 aromatic carbocycles. The third-order valence-electron chi connectivity index (χ3n) is 3.50. The molecule has 0 radical (unpaired) electrons. The van der Waals surface area contributed by atoms with Crippen LogP contribution in [0.3, 0.4) is 0 Å². The Morgan fingerprint density at radius 3 is 2.41 bits per heavy atom. The van der Waals surface area contributed by atoms with E-state index in [2.05, 4.69) is 26.1 Å². The third-order valence-corrected chi connectivity index (χ3v) is 5.74. The predicted octanol–water partition coefficient (Wildman–Crippen LogP) is 3.09. The predicted molar refractivity (Wildman–Crippen MR) is 76.8 cm³/mol. The fourth-order valence-electron chi connectivity index (χ4n) is 2.71. The molecule has 3 atom stereocenters. The van der Waals surface area contributed by atoms with Gasteiger partial charge in [0, 0.05) is 22.6 Å². The van der Waals surface area contributed by atoms with Crippen LogP contribution in [0, 0.1) is 5.92 Å². The zero-order valence-corrected chi connectivity index (χ0v) is 12.5. The summed E-state index contributed by atoms with van der Waals surface area (Å²) in [6.45, 7) is 7.49. The minimum atomic E-state index is -0.649. The Kier molecular flexibility index (Phi) is 7.36. The number of hydrogen-bond acceptors (Lipinski definition) is 2. The summed E-state index contributed by atoms with van der Waals surface area (Å²) in [4.78, 5) is 0. The smallest absolute Gasteiger partial charge is 0.0501 e. The van der Waals surface area contributed by atoms with E-state index in [1.54, 1.807) is 0 Å². The van der Waals surface area contributed by atoms with Gasteiger partial charge in [-0.05, 0) is 25.3 Å². The van der Waals surface area contributed by atoms with Crippen LogP contribution in [0.1, 0.15) is 59.3 Å². The van der Waals surface area contributed by atoms with Gasteiger partial charge in [0.2, 0.25) is 0 Å². The normalized spacial score (nSPS) is 28.7. The van der Waals surface area contributed by atoms with Crippen LogP contribution < -0.4 is 5.32 Å². The molecule has 0 spiro atoms. The lowest BCUT2D eigenvalue weighted by Crippen LogP contribution is -2.43. The Labute approximate surface area is 109 Å². The van der Waals surface area contributed by atoms with E-state index in [1.807, 2.05) is 0 Å². The standard InChI is InChI=1S/C14H29NOS/c1-4-15-13-9-7-5-6-8-10-14(13)17(16)11-12(2)3/h12-15H,4-11H2,1-3H3. The second-order valence-electron chi connectivity index (χ2n) is 5.64. The molecule has 0 aliphatic heterocycles. The van der Waals surface area contributed by atoms with Gasteiger partial charge in [0.25, 0.3) is 0 Å². The average Bonchev–Trinajstić information content (AvgIpc) is 2.21. The molecule has 3 unspecified atom stereocenters. The maximum Gasteiger partial charge on any atom is 0.0501 e. The van der Waals surface area contributed by atoms with Crippen LogP contribution >= 0.6 is 0 Å². The fraction of sp³-hybridized carbons (Fsp3) is 1.00. The van der Waals surface area contributed by atoms with Gasteiger partial charge in [-0.15, -0.1) is 0 Å². The average molecular weight is 259 g/mol. The lowest BCUT2D eigenvalue weighted by Gasteiger charge is -2.29. The fourth-order valence-corrected chi connectivity index (χ4v) is 4.65. The summed E-state index contributed by atoms with van der Waals surface area (Å²) in [6, 6.07) is 0.486. The highest BCUT2D eigenvalue weighted by atomic mass is 32.2. The highest BCUT2D eigenvalue weighted by molar-refractivity contribution is 7.85. The zero-order valence-electron chi connectivity index (χ0n) is 11.7. The first kappa shape index (κ1) is 15.2. The summed E-state index contributed by atoms with van der Waals surface area (Å²) in [6.07, 6.45) is 7.60. The van der Waals surface area contributed by atoms with Crippen LogP contribution in [-0.4, -0.2) is 27.8 Å². The first-order valence-electron chi connectivity index (χ1n) is 7.25. The van der Waals surface area contributed by atoms with E-state index in [-0.39, 0.29) is 0 Å². The lowest BCUT2D eigenvalue weighted by atomic mass is 9.96. The summed E-state index contributed by atoms with van der Waals surface area (Å²) in [7, 11) is -0.649.